The zero-order valence-electron chi connectivity index (χ0n) is 23.8. The summed E-state index contributed by atoms with van der Waals surface area (Å²) >= 11 is 0. The van der Waals surface area contributed by atoms with Gasteiger partial charge < -0.3 is 23.4 Å². The van der Waals surface area contributed by atoms with Gasteiger partial charge in [0.2, 0.25) is 0 Å². The third-order valence-corrected chi connectivity index (χ3v) is 12.5. The summed E-state index contributed by atoms with van der Waals surface area (Å²) < 4.78 is 31.2. The highest BCUT2D eigenvalue weighted by Gasteiger charge is 2.53. The van der Waals surface area contributed by atoms with Crippen molar-refractivity contribution in [3.05, 3.63) is 107 Å². The maximum atomic E-state index is 9.47. The van der Waals surface area contributed by atoms with Gasteiger partial charge in [0.25, 0.3) is 8.32 Å². The van der Waals surface area contributed by atoms with Crippen LogP contribution in [0.15, 0.2) is 96.1 Å². The third kappa shape index (κ3) is 6.32. The van der Waals surface area contributed by atoms with E-state index >= 15 is 0 Å². The first-order chi connectivity index (χ1) is 19.4. The van der Waals surface area contributed by atoms with Gasteiger partial charge in [0.1, 0.15) is 12.2 Å². The summed E-state index contributed by atoms with van der Waals surface area (Å²) in [4.78, 5) is 3.12. The molecule has 0 spiro atoms. The number of nitrogens with zero attached hydrogens (tertiary/aromatic N) is 3. The average Bonchev–Trinajstić information content (AvgIpc) is 3.31. The number of rotatable bonds is 12. The van der Waals surface area contributed by atoms with E-state index in [1.165, 1.54) is 24.6 Å². The molecule has 0 bridgehead atoms. The van der Waals surface area contributed by atoms with E-state index in [4.69, 9.17) is 23.4 Å². The second-order valence-electron chi connectivity index (χ2n) is 10.9. The van der Waals surface area contributed by atoms with Crippen LogP contribution in [0.2, 0.25) is 5.04 Å². The van der Waals surface area contributed by atoms with Gasteiger partial charge in [-0.15, -0.1) is 0 Å². The monoisotopic (exact) mass is 561 g/mol. The van der Waals surface area contributed by atoms with E-state index in [9.17, 15) is 5.53 Å². The summed E-state index contributed by atoms with van der Waals surface area (Å²) in [6, 6.07) is 30.1. The maximum absolute atomic E-state index is 9.47. The topological polar surface area (TPSA) is 94.9 Å². The molecule has 0 amide bonds. The first kappa shape index (κ1) is 30.0. The van der Waals surface area contributed by atoms with Gasteiger partial charge in [0.15, 0.2) is 6.29 Å². The lowest BCUT2D eigenvalue weighted by atomic mass is 10.0. The molecular weight excluding hydrogens is 522 g/mol. The zero-order chi connectivity index (χ0) is 28.6. The Labute approximate surface area is 237 Å². The Hall–Kier alpha value is -3.01. The lowest BCUT2D eigenvalue weighted by molar-refractivity contribution is -0.181. The van der Waals surface area contributed by atoms with Crippen LogP contribution in [0.25, 0.3) is 10.4 Å². The Bertz CT molecular complexity index is 1190. The number of ether oxygens (including phenoxy) is 4. The van der Waals surface area contributed by atoms with E-state index in [1.54, 1.807) is 0 Å². The minimum absolute atomic E-state index is 0.208. The predicted octanol–water partition coefficient (Wildman–Crippen LogP) is 5.21. The Morgan fingerprint density at radius 2 is 1.40 bits per heavy atom. The van der Waals surface area contributed by atoms with Crippen LogP contribution in [0.4, 0.5) is 0 Å². The summed E-state index contributed by atoms with van der Waals surface area (Å²) in [6.45, 7) is 7.26. The third-order valence-electron chi connectivity index (χ3n) is 7.46. The molecule has 4 rings (SSSR count). The molecule has 3 aromatic carbocycles. The number of hydrogen-bond donors (Lipinski definition) is 0. The van der Waals surface area contributed by atoms with Gasteiger partial charge in [0, 0.05) is 19.1 Å². The molecule has 0 radical (unpaired) electrons. The van der Waals surface area contributed by atoms with Gasteiger partial charge in [-0.2, -0.15) is 0 Å². The van der Waals surface area contributed by atoms with Crippen LogP contribution in [-0.2, 0) is 30.0 Å². The van der Waals surface area contributed by atoms with E-state index in [-0.39, 0.29) is 11.6 Å². The molecule has 212 valence electrons. The molecule has 0 aromatic heterocycles. The normalized spacial score (nSPS) is 21.4. The summed E-state index contributed by atoms with van der Waals surface area (Å²) in [7, 11) is 0.236. The lowest BCUT2D eigenvalue weighted by Gasteiger charge is -2.43. The molecule has 3 aromatic rings. The van der Waals surface area contributed by atoms with Crippen molar-refractivity contribution in [2.75, 3.05) is 20.8 Å². The van der Waals surface area contributed by atoms with Crippen molar-refractivity contribution in [1.29, 1.82) is 0 Å². The van der Waals surface area contributed by atoms with Crippen molar-refractivity contribution in [2.45, 2.75) is 63.1 Å². The fourth-order valence-electron chi connectivity index (χ4n) is 5.62. The summed E-state index contributed by atoms with van der Waals surface area (Å²) in [5.74, 6) is 0. The van der Waals surface area contributed by atoms with E-state index in [2.05, 4.69) is 79.3 Å². The molecule has 1 heterocycles. The molecule has 1 aliphatic heterocycles. The van der Waals surface area contributed by atoms with Crippen molar-refractivity contribution in [2.24, 2.45) is 5.11 Å². The maximum Gasteiger partial charge on any atom is 0.261 e. The van der Waals surface area contributed by atoms with Gasteiger partial charge in [-0.1, -0.05) is 117 Å². The summed E-state index contributed by atoms with van der Waals surface area (Å²) in [5.41, 5.74) is 10.5. The van der Waals surface area contributed by atoms with E-state index in [0.29, 0.717) is 6.61 Å². The Balaban J connectivity index is 1.72. The van der Waals surface area contributed by atoms with E-state index < -0.39 is 39.0 Å². The van der Waals surface area contributed by atoms with Crippen LogP contribution in [-0.4, -0.2) is 59.8 Å². The molecular formula is C31H39N3O5Si. The lowest BCUT2D eigenvalue weighted by Crippen LogP contribution is -2.67. The molecule has 40 heavy (non-hydrogen) atoms. The van der Waals surface area contributed by atoms with Crippen molar-refractivity contribution < 1.29 is 23.4 Å². The second-order valence-corrected chi connectivity index (χ2v) is 15.2. The molecule has 1 saturated heterocycles. The second kappa shape index (κ2) is 13.6. The fraction of sp³-hybridized carbons (Fsp3) is 0.419. The first-order valence-electron chi connectivity index (χ1n) is 13.5. The first-order valence-corrected chi connectivity index (χ1v) is 15.4. The van der Waals surface area contributed by atoms with Gasteiger partial charge in [-0.25, -0.2) is 0 Å². The number of hydrogen-bond acceptors (Lipinski definition) is 6. The van der Waals surface area contributed by atoms with Crippen molar-refractivity contribution >= 4 is 18.7 Å². The minimum atomic E-state index is -2.84. The SMILES string of the molecule is COC(OC)[C@H]1O[C@H](CO[Si](c2ccccc2)(c2ccccc2)C(C)(C)C)[C@@H](OCc2ccccc2)[C@H]1N=[N+]=[N-]. The van der Waals surface area contributed by atoms with E-state index in [1.807, 2.05) is 42.5 Å². The molecule has 0 N–H and O–H groups in total. The Morgan fingerprint density at radius 1 is 0.875 bits per heavy atom. The molecule has 4 atom stereocenters. The van der Waals surface area contributed by atoms with Crippen LogP contribution in [0.5, 0.6) is 0 Å². The molecule has 1 aliphatic rings. The molecule has 0 aliphatic carbocycles. The summed E-state index contributed by atoms with van der Waals surface area (Å²) in [6.07, 6.45) is -2.51. The molecule has 9 heteroatoms. The predicted molar refractivity (Wildman–Crippen MR) is 158 cm³/mol. The highest BCUT2D eigenvalue weighted by atomic mass is 28.4. The van der Waals surface area contributed by atoms with Crippen LogP contribution in [0, 0.1) is 0 Å². The van der Waals surface area contributed by atoms with Crippen molar-refractivity contribution in [3.63, 3.8) is 0 Å². The standard InChI is InChI=1S/C31H39N3O5Si/c1-31(2,3)40(24-17-11-7-12-18-24,25-19-13-8-14-20-25)38-22-26-28(37-21-23-15-9-6-10-16-23)27(33-34-32)29(39-26)30(35-4)36-5/h6-20,26-30H,21-22H2,1-5H3/t26-,27-,28-,29+/m1/s1. The molecule has 0 unspecified atom stereocenters. The van der Waals surface area contributed by atoms with Gasteiger partial charge in [-0.05, 0) is 26.5 Å². The average molecular weight is 562 g/mol. The van der Waals surface area contributed by atoms with Crippen molar-refractivity contribution in [1.82, 2.24) is 0 Å². The minimum Gasteiger partial charge on any atom is -0.405 e. The molecule has 0 saturated carbocycles. The fourth-order valence-corrected chi connectivity index (χ4v) is 10.2. The quantitative estimate of drug-likeness (QED) is 0.0994. The smallest absolute Gasteiger partial charge is 0.261 e. The van der Waals surface area contributed by atoms with Crippen LogP contribution < -0.4 is 10.4 Å². The van der Waals surface area contributed by atoms with Crippen LogP contribution >= 0.6 is 0 Å². The molecule has 8 nitrogen and oxygen atoms in total. The Kier molecular flexibility index (Phi) is 10.2. The van der Waals surface area contributed by atoms with Gasteiger partial charge in [-0.3, -0.25) is 0 Å². The zero-order valence-corrected chi connectivity index (χ0v) is 24.8. The number of azide groups is 1. The van der Waals surface area contributed by atoms with Crippen molar-refractivity contribution in [3.8, 4) is 0 Å². The van der Waals surface area contributed by atoms with Crippen LogP contribution in [0.3, 0.4) is 0 Å². The number of benzene rings is 3. The number of methoxy groups -OCH3 is 2. The summed E-state index contributed by atoms with van der Waals surface area (Å²) in [5, 5.41) is 6.23. The van der Waals surface area contributed by atoms with Crippen LogP contribution in [0.1, 0.15) is 26.3 Å². The van der Waals surface area contributed by atoms with Gasteiger partial charge in [0.05, 0.1) is 25.4 Å². The van der Waals surface area contributed by atoms with Gasteiger partial charge >= 0.3 is 0 Å². The Morgan fingerprint density at radius 3 is 1.88 bits per heavy atom. The van der Waals surface area contributed by atoms with E-state index in [0.717, 1.165) is 5.56 Å². The highest BCUT2D eigenvalue weighted by Crippen LogP contribution is 2.38. The molecule has 1 fully saturated rings. The highest BCUT2D eigenvalue weighted by molar-refractivity contribution is 6.99. The largest absolute Gasteiger partial charge is 0.405 e.